The van der Waals surface area contributed by atoms with Crippen LogP contribution in [0.25, 0.3) is 0 Å². The van der Waals surface area contributed by atoms with Gasteiger partial charge in [0, 0.05) is 15.7 Å². The zero-order valence-corrected chi connectivity index (χ0v) is 13.8. The number of thiocarbonyl (C=S) groups is 1. The van der Waals surface area contributed by atoms with Gasteiger partial charge in [0.25, 0.3) is 0 Å². The van der Waals surface area contributed by atoms with Crippen LogP contribution >= 0.6 is 35.4 Å². The highest BCUT2D eigenvalue weighted by Crippen LogP contribution is 2.21. The van der Waals surface area contributed by atoms with Gasteiger partial charge < -0.3 is 5.32 Å². The first kappa shape index (κ1) is 16.7. The Balaban J connectivity index is 1.73. The summed E-state index contributed by atoms with van der Waals surface area (Å²) in [5, 5.41) is 4.43. The van der Waals surface area contributed by atoms with E-state index in [-0.39, 0.29) is 6.61 Å². The molecule has 0 aliphatic heterocycles. The Labute approximate surface area is 144 Å². The number of hydrogen-bond acceptors (Lipinski definition) is 2. The van der Waals surface area contributed by atoms with E-state index < -0.39 is 0 Å². The van der Waals surface area contributed by atoms with Crippen LogP contribution in [0, 0.1) is 0 Å². The van der Waals surface area contributed by atoms with E-state index in [1.165, 1.54) is 6.34 Å². The molecule has 0 atom stereocenters. The van der Waals surface area contributed by atoms with Gasteiger partial charge in [-0.15, -0.1) is 0 Å². The molecule has 0 aromatic heterocycles. The van der Waals surface area contributed by atoms with Crippen LogP contribution in [0.3, 0.4) is 0 Å². The van der Waals surface area contributed by atoms with Gasteiger partial charge in [-0.2, -0.15) is 0 Å². The molecule has 0 radical (unpaired) electrons. The third-order valence-corrected chi connectivity index (χ3v) is 3.38. The van der Waals surface area contributed by atoms with Crippen LogP contribution in [0.5, 0.6) is 0 Å². The van der Waals surface area contributed by atoms with E-state index in [0.717, 1.165) is 11.3 Å². The van der Waals surface area contributed by atoms with E-state index in [2.05, 4.69) is 15.8 Å². The highest BCUT2D eigenvalue weighted by atomic mass is 35.5. The summed E-state index contributed by atoms with van der Waals surface area (Å²) in [6.07, 6.45) is 1.36. The summed E-state index contributed by atoms with van der Waals surface area (Å²) in [7, 11) is 0. The molecule has 0 saturated heterocycles. The molecule has 0 aliphatic rings. The van der Waals surface area contributed by atoms with E-state index >= 15 is 0 Å². The van der Waals surface area contributed by atoms with Gasteiger partial charge in [-0.3, -0.25) is 10.3 Å². The van der Waals surface area contributed by atoms with Crippen molar-refractivity contribution in [1.82, 2.24) is 5.48 Å². The number of rotatable bonds is 5. The molecule has 0 bridgehead atoms. The van der Waals surface area contributed by atoms with Crippen LogP contribution in [0.4, 0.5) is 5.69 Å². The van der Waals surface area contributed by atoms with Crippen molar-refractivity contribution in [2.75, 3.05) is 5.32 Å². The predicted molar refractivity (Wildman–Crippen MR) is 95.5 cm³/mol. The number of halogens is 2. The van der Waals surface area contributed by atoms with Crippen molar-refractivity contribution in [1.29, 1.82) is 0 Å². The Kier molecular flexibility index (Phi) is 6.61. The number of anilines is 1. The number of nitrogens with one attached hydrogen (secondary N) is 2. The number of para-hydroxylation sites is 1. The summed E-state index contributed by atoms with van der Waals surface area (Å²) in [6, 6.07) is 14.7. The average molecular weight is 354 g/mol. The molecule has 2 aromatic rings. The standard InChI is InChI=1S/C15H13Cl2N3OS/c16-12-7-6-11(14(17)8-12)9-21-19-10-18-15(22)20-13-4-2-1-3-5-13/h1-8,10H,9H2,(H2,18,19,20,22). The SMILES string of the molecule is S=C(N=CNOCc1ccc(Cl)cc1Cl)Nc1ccccc1. The van der Waals surface area contributed by atoms with Crippen molar-refractivity contribution in [3.05, 3.63) is 64.1 Å². The van der Waals surface area contributed by atoms with Crippen molar-refractivity contribution in [2.24, 2.45) is 4.99 Å². The van der Waals surface area contributed by atoms with Crippen LogP contribution in [0.15, 0.2) is 53.5 Å². The molecule has 0 amide bonds. The molecule has 0 heterocycles. The Morgan fingerprint density at radius 2 is 1.95 bits per heavy atom. The first-order valence-electron chi connectivity index (χ1n) is 6.35. The zero-order chi connectivity index (χ0) is 15.8. The molecule has 22 heavy (non-hydrogen) atoms. The fraction of sp³-hybridized carbons (Fsp3) is 0.0667. The third kappa shape index (κ3) is 5.61. The number of aliphatic imine (C=N–C) groups is 1. The molecule has 4 nitrogen and oxygen atoms in total. The van der Waals surface area contributed by atoms with Gasteiger partial charge in [0.05, 0.1) is 0 Å². The van der Waals surface area contributed by atoms with Crippen molar-refractivity contribution in [3.63, 3.8) is 0 Å². The molecular weight excluding hydrogens is 341 g/mol. The van der Waals surface area contributed by atoms with Gasteiger partial charge in [-0.05, 0) is 42.0 Å². The number of hydrogen-bond donors (Lipinski definition) is 2. The monoisotopic (exact) mass is 353 g/mol. The predicted octanol–water partition coefficient (Wildman–Crippen LogP) is 4.44. The molecule has 2 aromatic carbocycles. The lowest BCUT2D eigenvalue weighted by atomic mass is 10.2. The summed E-state index contributed by atoms with van der Waals surface area (Å²) in [4.78, 5) is 9.22. The highest BCUT2D eigenvalue weighted by molar-refractivity contribution is 7.80. The van der Waals surface area contributed by atoms with Gasteiger partial charge in [-0.25, -0.2) is 4.99 Å². The first-order valence-corrected chi connectivity index (χ1v) is 7.51. The second-order valence-corrected chi connectivity index (χ2v) is 5.43. The van der Waals surface area contributed by atoms with Crippen molar-refractivity contribution >= 4 is 52.6 Å². The molecule has 0 saturated carbocycles. The molecule has 0 spiro atoms. The normalized spacial score (nSPS) is 10.6. The summed E-state index contributed by atoms with van der Waals surface area (Å²) >= 11 is 16.9. The first-order chi connectivity index (χ1) is 10.6. The minimum absolute atomic E-state index is 0.279. The smallest absolute Gasteiger partial charge is 0.198 e. The lowest BCUT2D eigenvalue weighted by Crippen LogP contribution is -2.15. The van der Waals surface area contributed by atoms with Gasteiger partial charge in [-0.1, -0.05) is 47.5 Å². The number of benzene rings is 2. The lowest BCUT2D eigenvalue weighted by molar-refractivity contribution is 0.0747. The molecule has 2 rings (SSSR count). The van der Waals surface area contributed by atoms with Crippen molar-refractivity contribution in [3.8, 4) is 0 Å². The largest absolute Gasteiger partial charge is 0.331 e. The summed E-state index contributed by atoms with van der Waals surface area (Å²) in [5.41, 5.74) is 4.27. The van der Waals surface area contributed by atoms with E-state index in [0.29, 0.717) is 15.2 Å². The van der Waals surface area contributed by atoms with E-state index in [1.807, 2.05) is 30.3 Å². The van der Waals surface area contributed by atoms with Gasteiger partial charge in [0.1, 0.15) is 12.9 Å². The molecule has 0 fully saturated rings. The topological polar surface area (TPSA) is 45.7 Å². The lowest BCUT2D eigenvalue weighted by Gasteiger charge is -2.06. The quantitative estimate of drug-likeness (QED) is 0.274. The van der Waals surface area contributed by atoms with Crippen LogP contribution in [0.1, 0.15) is 5.56 Å². The highest BCUT2D eigenvalue weighted by Gasteiger charge is 2.00. The summed E-state index contributed by atoms with van der Waals surface area (Å²) < 4.78 is 0. The average Bonchev–Trinajstić information content (AvgIpc) is 2.50. The fourth-order valence-electron chi connectivity index (χ4n) is 1.56. The molecule has 2 N–H and O–H groups in total. The second-order valence-electron chi connectivity index (χ2n) is 4.20. The van der Waals surface area contributed by atoms with Crippen molar-refractivity contribution < 1.29 is 4.84 Å². The van der Waals surface area contributed by atoms with Crippen molar-refractivity contribution in [2.45, 2.75) is 6.61 Å². The zero-order valence-electron chi connectivity index (χ0n) is 11.4. The second kappa shape index (κ2) is 8.70. The summed E-state index contributed by atoms with van der Waals surface area (Å²) in [6.45, 7) is 0.279. The summed E-state index contributed by atoms with van der Waals surface area (Å²) in [5.74, 6) is 0. The third-order valence-electron chi connectivity index (χ3n) is 2.59. The van der Waals surface area contributed by atoms with Crippen LogP contribution in [0.2, 0.25) is 10.0 Å². The molecular formula is C15H13Cl2N3OS. The van der Waals surface area contributed by atoms with E-state index in [4.69, 9.17) is 40.3 Å². The van der Waals surface area contributed by atoms with Crippen LogP contribution in [-0.2, 0) is 11.4 Å². The molecule has 114 valence electrons. The van der Waals surface area contributed by atoms with Gasteiger partial charge >= 0.3 is 0 Å². The van der Waals surface area contributed by atoms with Crippen LogP contribution in [-0.4, -0.2) is 11.5 Å². The fourth-order valence-corrected chi connectivity index (χ4v) is 2.19. The minimum atomic E-state index is 0.279. The maximum Gasteiger partial charge on any atom is 0.198 e. The van der Waals surface area contributed by atoms with E-state index in [9.17, 15) is 0 Å². The molecule has 7 heteroatoms. The molecule has 0 aliphatic carbocycles. The molecule has 0 unspecified atom stereocenters. The van der Waals surface area contributed by atoms with Gasteiger partial charge in [0.15, 0.2) is 5.11 Å². The Hall–Kier alpha value is -1.66. The Morgan fingerprint density at radius 3 is 2.68 bits per heavy atom. The van der Waals surface area contributed by atoms with Gasteiger partial charge in [0.2, 0.25) is 0 Å². The maximum absolute atomic E-state index is 6.03. The van der Waals surface area contributed by atoms with E-state index in [1.54, 1.807) is 18.2 Å². The van der Waals surface area contributed by atoms with Crippen LogP contribution < -0.4 is 10.8 Å². The Bertz CT molecular complexity index is 665. The minimum Gasteiger partial charge on any atom is -0.331 e. The maximum atomic E-state index is 6.03. The Morgan fingerprint density at radius 1 is 1.18 bits per heavy atom. The number of nitrogens with zero attached hydrogens (tertiary/aromatic N) is 1. The number of hydroxylamine groups is 1.